The lowest BCUT2D eigenvalue weighted by Gasteiger charge is -2.08. The third-order valence-corrected chi connectivity index (χ3v) is 2.64. The molecule has 1 aromatic carbocycles. The molecule has 94 valence electrons. The number of ether oxygens (including phenoxy) is 1. The van der Waals surface area contributed by atoms with Crippen LogP contribution in [0.1, 0.15) is 37.0 Å². The topological polar surface area (TPSA) is 38.3 Å². The molecule has 0 saturated heterocycles. The Kier molecular flexibility index (Phi) is 5.84. The van der Waals surface area contributed by atoms with Gasteiger partial charge < -0.3 is 10.1 Å². The lowest BCUT2D eigenvalue weighted by atomic mass is 10.2. The minimum Gasteiger partial charge on any atom is -0.462 e. The molecule has 1 N–H and O–H groups in total. The van der Waals surface area contributed by atoms with Gasteiger partial charge in [-0.05, 0) is 31.5 Å². The number of carbonyl (C=O) groups excluding carboxylic acids is 1. The van der Waals surface area contributed by atoms with Crippen LogP contribution >= 0.6 is 11.6 Å². The molecule has 1 rings (SSSR count). The van der Waals surface area contributed by atoms with Crippen molar-refractivity contribution in [1.82, 2.24) is 0 Å². The smallest absolute Gasteiger partial charge is 0.339 e. The monoisotopic (exact) mass is 255 g/mol. The fraction of sp³-hybridized carbons (Fsp3) is 0.462. The van der Waals surface area contributed by atoms with Gasteiger partial charge in [-0.3, -0.25) is 0 Å². The number of unbranched alkanes of at least 4 members (excludes halogenated alkanes) is 1. The summed E-state index contributed by atoms with van der Waals surface area (Å²) in [5.74, 6) is -0.377. The normalized spacial score (nSPS) is 10.1. The molecule has 1 aromatic rings. The van der Waals surface area contributed by atoms with Crippen molar-refractivity contribution in [2.75, 3.05) is 18.5 Å². The molecule has 0 radical (unpaired) electrons. The molecule has 3 nitrogen and oxygen atoms in total. The number of halogens is 1. The molecule has 17 heavy (non-hydrogen) atoms. The number of hydrogen-bond donors (Lipinski definition) is 1. The van der Waals surface area contributed by atoms with Crippen LogP contribution in [0.4, 0.5) is 5.69 Å². The second kappa shape index (κ2) is 7.17. The first kappa shape index (κ1) is 13.8. The highest BCUT2D eigenvalue weighted by molar-refractivity contribution is 6.33. The minimum absolute atomic E-state index is 0.353. The van der Waals surface area contributed by atoms with Gasteiger partial charge in [-0.25, -0.2) is 4.79 Å². The summed E-state index contributed by atoms with van der Waals surface area (Å²) in [7, 11) is 0. The predicted molar refractivity (Wildman–Crippen MR) is 70.8 cm³/mol. The van der Waals surface area contributed by atoms with Crippen LogP contribution in [0.2, 0.25) is 5.02 Å². The molecule has 0 aliphatic carbocycles. The molecule has 0 amide bonds. The first-order chi connectivity index (χ1) is 8.19. The predicted octanol–water partition coefficient (Wildman–Crippen LogP) is 3.73. The van der Waals surface area contributed by atoms with Crippen LogP contribution in [0.25, 0.3) is 0 Å². The van der Waals surface area contributed by atoms with Crippen molar-refractivity contribution in [2.24, 2.45) is 0 Å². The summed E-state index contributed by atoms with van der Waals surface area (Å²) < 4.78 is 4.90. The van der Waals surface area contributed by atoms with Gasteiger partial charge in [-0.1, -0.05) is 24.9 Å². The van der Waals surface area contributed by atoms with E-state index in [-0.39, 0.29) is 5.97 Å². The Hall–Kier alpha value is -1.22. The molecule has 0 spiro atoms. The zero-order valence-corrected chi connectivity index (χ0v) is 11.0. The molecule has 0 aliphatic rings. The number of esters is 1. The van der Waals surface area contributed by atoms with Gasteiger partial charge in [0, 0.05) is 12.2 Å². The second-order valence-corrected chi connectivity index (χ2v) is 4.10. The molecule has 0 aromatic heterocycles. The van der Waals surface area contributed by atoms with Crippen LogP contribution in [0.15, 0.2) is 18.2 Å². The third-order valence-electron chi connectivity index (χ3n) is 2.32. The number of nitrogens with one attached hydrogen (secondary N) is 1. The number of carbonyl (C=O) groups is 1. The van der Waals surface area contributed by atoms with E-state index in [1.165, 1.54) is 0 Å². The van der Waals surface area contributed by atoms with Gasteiger partial charge in [0.25, 0.3) is 0 Å². The van der Waals surface area contributed by atoms with Gasteiger partial charge in [0.15, 0.2) is 0 Å². The van der Waals surface area contributed by atoms with Gasteiger partial charge in [-0.2, -0.15) is 0 Å². The maximum atomic E-state index is 11.5. The number of hydrogen-bond acceptors (Lipinski definition) is 3. The molecule has 0 fully saturated rings. The lowest BCUT2D eigenvalue weighted by Crippen LogP contribution is -2.06. The molecule has 0 heterocycles. The molecule has 0 atom stereocenters. The summed E-state index contributed by atoms with van der Waals surface area (Å²) in [6.07, 6.45) is 2.25. The highest BCUT2D eigenvalue weighted by Crippen LogP contribution is 2.21. The summed E-state index contributed by atoms with van der Waals surface area (Å²) >= 11 is 6.03. The highest BCUT2D eigenvalue weighted by Gasteiger charge is 2.11. The van der Waals surface area contributed by atoms with E-state index in [1.807, 2.05) is 6.07 Å². The van der Waals surface area contributed by atoms with Crippen molar-refractivity contribution in [3.8, 4) is 0 Å². The largest absolute Gasteiger partial charge is 0.462 e. The molecule has 0 unspecified atom stereocenters. The van der Waals surface area contributed by atoms with Crippen molar-refractivity contribution in [1.29, 1.82) is 0 Å². The minimum atomic E-state index is -0.377. The first-order valence-electron chi connectivity index (χ1n) is 5.89. The molecular formula is C13H18ClNO2. The summed E-state index contributed by atoms with van der Waals surface area (Å²) in [5, 5.41) is 3.67. The number of anilines is 1. The fourth-order valence-electron chi connectivity index (χ4n) is 1.41. The van der Waals surface area contributed by atoms with Crippen molar-refractivity contribution >= 4 is 23.3 Å². The van der Waals surface area contributed by atoms with Crippen LogP contribution in [0, 0.1) is 0 Å². The van der Waals surface area contributed by atoms with Crippen molar-refractivity contribution < 1.29 is 9.53 Å². The Labute approximate surface area is 107 Å². The summed E-state index contributed by atoms with van der Waals surface area (Å²) in [6, 6.07) is 5.28. The number of benzene rings is 1. The zero-order valence-electron chi connectivity index (χ0n) is 10.3. The highest BCUT2D eigenvalue weighted by atomic mass is 35.5. The SMILES string of the molecule is CCCCNc1ccc(C(=O)OCC)c(Cl)c1. The Bertz CT molecular complexity index is 380. The van der Waals surface area contributed by atoms with E-state index in [1.54, 1.807) is 19.1 Å². The van der Waals surface area contributed by atoms with E-state index in [0.717, 1.165) is 25.1 Å². The maximum Gasteiger partial charge on any atom is 0.339 e. The van der Waals surface area contributed by atoms with Crippen LogP contribution < -0.4 is 5.32 Å². The average Bonchev–Trinajstić information content (AvgIpc) is 2.29. The first-order valence-corrected chi connectivity index (χ1v) is 6.27. The van der Waals surface area contributed by atoms with Crippen molar-refractivity contribution in [3.05, 3.63) is 28.8 Å². The van der Waals surface area contributed by atoms with Gasteiger partial charge in [-0.15, -0.1) is 0 Å². The third kappa shape index (κ3) is 4.27. The quantitative estimate of drug-likeness (QED) is 0.622. The van der Waals surface area contributed by atoms with Crippen molar-refractivity contribution in [3.63, 3.8) is 0 Å². The van der Waals surface area contributed by atoms with E-state index >= 15 is 0 Å². The van der Waals surface area contributed by atoms with Crippen LogP contribution in [-0.2, 0) is 4.74 Å². The standard InChI is InChI=1S/C13H18ClNO2/c1-3-5-8-15-10-6-7-11(12(14)9-10)13(16)17-4-2/h6-7,9,15H,3-5,8H2,1-2H3. The average molecular weight is 256 g/mol. The maximum absolute atomic E-state index is 11.5. The van der Waals surface area contributed by atoms with E-state index in [2.05, 4.69) is 12.2 Å². The van der Waals surface area contributed by atoms with E-state index in [9.17, 15) is 4.79 Å². The number of rotatable bonds is 6. The van der Waals surface area contributed by atoms with Gasteiger partial charge >= 0.3 is 5.97 Å². The molecular weight excluding hydrogens is 238 g/mol. The van der Waals surface area contributed by atoms with Gasteiger partial charge in [0.1, 0.15) is 0 Å². The van der Waals surface area contributed by atoms with Crippen LogP contribution in [0.5, 0.6) is 0 Å². The summed E-state index contributed by atoms with van der Waals surface area (Å²) in [6.45, 7) is 5.17. The Morgan fingerprint density at radius 3 is 2.76 bits per heavy atom. The second-order valence-electron chi connectivity index (χ2n) is 3.70. The Morgan fingerprint density at radius 1 is 1.41 bits per heavy atom. The van der Waals surface area contributed by atoms with Crippen molar-refractivity contribution in [2.45, 2.75) is 26.7 Å². The van der Waals surface area contributed by atoms with E-state index < -0.39 is 0 Å². The van der Waals surface area contributed by atoms with Gasteiger partial charge in [0.2, 0.25) is 0 Å². The molecule has 0 saturated carbocycles. The van der Waals surface area contributed by atoms with Crippen LogP contribution in [0.3, 0.4) is 0 Å². The summed E-state index contributed by atoms with van der Waals surface area (Å²) in [5.41, 5.74) is 1.34. The zero-order chi connectivity index (χ0) is 12.7. The summed E-state index contributed by atoms with van der Waals surface area (Å²) in [4.78, 5) is 11.5. The molecule has 0 bridgehead atoms. The van der Waals surface area contributed by atoms with E-state index in [4.69, 9.17) is 16.3 Å². The lowest BCUT2D eigenvalue weighted by molar-refractivity contribution is 0.0526. The van der Waals surface area contributed by atoms with E-state index in [0.29, 0.717) is 17.2 Å². The molecule has 0 aliphatic heterocycles. The van der Waals surface area contributed by atoms with Gasteiger partial charge in [0.05, 0.1) is 17.2 Å². The van der Waals surface area contributed by atoms with Crippen LogP contribution in [-0.4, -0.2) is 19.1 Å². The Balaban J connectivity index is 2.68. The molecule has 4 heteroatoms. The fourth-order valence-corrected chi connectivity index (χ4v) is 1.67. The Morgan fingerprint density at radius 2 is 2.18 bits per heavy atom.